The number of nitrogens with one attached hydrogen (secondary N) is 1. The quantitative estimate of drug-likeness (QED) is 0.0320. The molecule has 0 aliphatic heterocycles. The summed E-state index contributed by atoms with van der Waals surface area (Å²) in [5.41, 5.74) is 0. The molecule has 3 N–H and O–H groups in total. The van der Waals surface area contributed by atoms with Gasteiger partial charge in [0.1, 0.15) is 0 Å². The molecular weight excluding hydrogens is 947 g/mol. The van der Waals surface area contributed by atoms with Gasteiger partial charge < -0.3 is 20.3 Å². The number of allylic oxidation sites excluding steroid dienone is 3. The minimum atomic E-state index is -0.850. The Labute approximate surface area is 481 Å². The van der Waals surface area contributed by atoms with Crippen molar-refractivity contribution in [2.75, 3.05) is 13.2 Å². The molecule has 0 rings (SSSR count). The monoisotopic (exact) mass is 1080 g/mol. The Bertz CT molecular complexity index is 1200. The number of amides is 1. The van der Waals surface area contributed by atoms with Crippen molar-refractivity contribution >= 4 is 11.9 Å². The van der Waals surface area contributed by atoms with E-state index in [1.807, 2.05) is 6.08 Å². The predicted octanol–water partition coefficient (Wildman–Crippen LogP) is 22.5. The number of aliphatic hydroxyl groups is 2. The molecule has 0 radical (unpaired) electrons. The Morgan fingerprint density at radius 1 is 0.351 bits per heavy atom. The van der Waals surface area contributed by atoms with E-state index in [4.69, 9.17) is 4.74 Å². The van der Waals surface area contributed by atoms with Crippen molar-refractivity contribution in [2.24, 2.45) is 0 Å². The molecule has 0 saturated carbocycles. The number of rotatable bonds is 66. The Morgan fingerprint density at radius 3 is 0.922 bits per heavy atom. The van der Waals surface area contributed by atoms with E-state index in [2.05, 4.69) is 31.3 Å². The number of unbranched alkanes of at least 4 members (excludes halogenated alkanes) is 53. The molecule has 0 saturated heterocycles. The number of carbonyl (C=O) groups excluding carboxylic acids is 2. The van der Waals surface area contributed by atoms with Crippen molar-refractivity contribution in [3.05, 3.63) is 24.3 Å². The van der Waals surface area contributed by atoms with Crippen molar-refractivity contribution in [3.8, 4) is 0 Å². The van der Waals surface area contributed by atoms with Crippen LogP contribution in [0.1, 0.15) is 393 Å². The van der Waals surface area contributed by atoms with Gasteiger partial charge >= 0.3 is 5.97 Å². The van der Waals surface area contributed by atoms with E-state index < -0.39 is 12.1 Å². The standard InChI is InChI=1S/C71H137NO5/c1-3-5-7-9-11-13-15-17-19-21-23-24-25-26-27-29-31-35-39-43-47-51-55-59-63-69(74)68(67-73)72-70(75)64-60-56-52-48-44-40-36-32-30-34-38-42-46-50-54-58-62-66-77-71(76)65-61-57-53-49-45-41-37-33-28-22-20-18-16-14-12-10-8-6-4-2/h18,20,59,63,68-69,73-74H,3-17,19,21-58,60-62,64-67H2,1-2H3,(H,72,75)/b20-18-,63-59+. The number of hydrogen-bond donors (Lipinski definition) is 3. The van der Waals surface area contributed by atoms with E-state index in [0.29, 0.717) is 19.4 Å². The van der Waals surface area contributed by atoms with Gasteiger partial charge in [0, 0.05) is 12.8 Å². The number of aliphatic hydroxyl groups excluding tert-OH is 2. The van der Waals surface area contributed by atoms with Crippen molar-refractivity contribution in [3.63, 3.8) is 0 Å². The number of esters is 1. The molecule has 0 aliphatic rings. The molecule has 0 fully saturated rings. The third kappa shape index (κ3) is 63.4. The highest BCUT2D eigenvalue weighted by atomic mass is 16.5. The average Bonchev–Trinajstić information content (AvgIpc) is 3.43. The molecule has 0 heterocycles. The molecule has 77 heavy (non-hydrogen) atoms. The molecule has 0 spiro atoms. The van der Waals surface area contributed by atoms with Crippen LogP contribution >= 0.6 is 0 Å². The molecule has 6 nitrogen and oxygen atoms in total. The summed E-state index contributed by atoms with van der Waals surface area (Å²) in [6.45, 7) is 4.93. The van der Waals surface area contributed by atoms with Crippen LogP contribution in [0.2, 0.25) is 0 Å². The van der Waals surface area contributed by atoms with Gasteiger partial charge in [-0.2, -0.15) is 0 Å². The van der Waals surface area contributed by atoms with Gasteiger partial charge in [-0.05, 0) is 57.8 Å². The molecule has 456 valence electrons. The molecule has 1 amide bonds. The van der Waals surface area contributed by atoms with E-state index >= 15 is 0 Å². The van der Waals surface area contributed by atoms with Crippen LogP contribution in [0.15, 0.2) is 24.3 Å². The zero-order chi connectivity index (χ0) is 55.7. The van der Waals surface area contributed by atoms with Crippen molar-refractivity contribution in [1.82, 2.24) is 5.32 Å². The fourth-order valence-electron chi connectivity index (χ4n) is 11.1. The van der Waals surface area contributed by atoms with Gasteiger partial charge in [-0.15, -0.1) is 0 Å². The fraction of sp³-hybridized carbons (Fsp3) is 0.915. The van der Waals surface area contributed by atoms with E-state index in [1.54, 1.807) is 6.08 Å². The van der Waals surface area contributed by atoms with Gasteiger partial charge in [0.25, 0.3) is 0 Å². The zero-order valence-electron chi connectivity index (χ0n) is 52.2. The molecule has 6 heteroatoms. The van der Waals surface area contributed by atoms with Crippen LogP contribution in [-0.4, -0.2) is 47.4 Å². The normalized spacial score (nSPS) is 12.6. The lowest BCUT2D eigenvalue weighted by atomic mass is 10.0. The molecule has 2 unspecified atom stereocenters. The highest BCUT2D eigenvalue weighted by Gasteiger charge is 2.18. The highest BCUT2D eigenvalue weighted by molar-refractivity contribution is 5.76. The maximum atomic E-state index is 12.5. The van der Waals surface area contributed by atoms with Crippen LogP contribution < -0.4 is 5.32 Å². The minimum Gasteiger partial charge on any atom is -0.466 e. The van der Waals surface area contributed by atoms with Gasteiger partial charge in [0.15, 0.2) is 0 Å². The predicted molar refractivity (Wildman–Crippen MR) is 338 cm³/mol. The zero-order valence-corrected chi connectivity index (χ0v) is 52.2. The van der Waals surface area contributed by atoms with E-state index in [9.17, 15) is 19.8 Å². The minimum absolute atomic E-state index is 0.00519. The molecule has 0 aromatic rings. The summed E-state index contributed by atoms with van der Waals surface area (Å²) < 4.78 is 5.50. The summed E-state index contributed by atoms with van der Waals surface area (Å²) in [5, 5.41) is 23.3. The number of carbonyl (C=O) groups is 2. The third-order valence-electron chi connectivity index (χ3n) is 16.5. The Balaban J connectivity index is 3.42. The second kappa shape index (κ2) is 66.8. The molecule has 2 atom stereocenters. The first-order chi connectivity index (χ1) is 38.0. The largest absolute Gasteiger partial charge is 0.466 e. The number of ether oxygens (including phenoxy) is 1. The SMILES string of the molecule is CCCCCCCC/C=C\CCCCCCCCCCCC(=O)OCCCCCCCCCCCCCCCCCCCC(=O)NC(CO)C(O)/C=C/CCCCCCCCCCCCCCCCCCCCCCCC. The van der Waals surface area contributed by atoms with Crippen molar-refractivity contribution in [2.45, 2.75) is 405 Å². The van der Waals surface area contributed by atoms with Gasteiger partial charge in [-0.3, -0.25) is 9.59 Å². The van der Waals surface area contributed by atoms with Crippen LogP contribution in [0.4, 0.5) is 0 Å². The highest BCUT2D eigenvalue weighted by Crippen LogP contribution is 2.19. The first kappa shape index (κ1) is 75.3. The van der Waals surface area contributed by atoms with Gasteiger partial charge in [0.2, 0.25) is 5.91 Å². The van der Waals surface area contributed by atoms with Crippen molar-refractivity contribution in [1.29, 1.82) is 0 Å². The second-order valence-electron chi connectivity index (χ2n) is 24.2. The van der Waals surface area contributed by atoms with Gasteiger partial charge in [0.05, 0.1) is 25.4 Å². The molecule has 0 aromatic carbocycles. The molecule has 0 aliphatic carbocycles. The summed E-state index contributed by atoms with van der Waals surface area (Å²) in [5.74, 6) is -0.0636. The van der Waals surface area contributed by atoms with Crippen molar-refractivity contribution < 1.29 is 24.5 Å². The topological polar surface area (TPSA) is 95.9 Å². The number of hydrogen-bond acceptors (Lipinski definition) is 5. The van der Waals surface area contributed by atoms with Crippen LogP contribution in [0, 0.1) is 0 Å². The summed E-state index contributed by atoms with van der Waals surface area (Å²) in [7, 11) is 0. The summed E-state index contributed by atoms with van der Waals surface area (Å²) in [6.07, 6.45) is 83.8. The maximum Gasteiger partial charge on any atom is 0.305 e. The van der Waals surface area contributed by atoms with Crippen LogP contribution in [-0.2, 0) is 14.3 Å². The van der Waals surface area contributed by atoms with Gasteiger partial charge in [-0.1, -0.05) is 346 Å². The molecule has 0 bridgehead atoms. The lowest BCUT2D eigenvalue weighted by Gasteiger charge is -2.20. The summed E-state index contributed by atoms with van der Waals surface area (Å²) >= 11 is 0. The Hall–Kier alpha value is -1.66. The molecule has 0 aromatic heterocycles. The lowest BCUT2D eigenvalue weighted by molar-refractivity contribution is -0.143. The Kier molecular flexibility index (Phi) is 65.4. The van der Waals surface area contributed by atoms with E-state index in [0.717, 1.165) is 44.9 Å². The van der Waals surface area contributed by atoms with E-state index in [-0.39, 0.29) is 18.5 Å². The smallest absolute Gasteiger partial charge is 0.305 e. The fourth-order valence-corrected chi connectivity index (χ4v) is 11.1. The summed E-state index contributed by atoms with van der Waals surface area (Å²) in [6, 6.07) is -0.633. The van der Waals surface area contributed by atoms with Crippen LogP contribution in [0.25, 0.3) is 0 Å². The lowest BCUT2D eigenvalue weighted by Crippen LogP contribution is -2.45. The van der Waals surface area contributed by atoms with E-state index in [1.165, 1.54) is 321 Å². The average molecular weight is 1080 g/mol. The maximum absolute atomic E-state index is 12.5. The van der Waals surface area contributed by atoms with Crippen LogP contribution in [0.3, 0.4) is 0 Å². The first-order valence-corrected chi connectivity index (χ1v) is 35.1. The molecular formula is C71H137NO5. The first-order valence-electron chi connectivity index (χ1n) is 35.1. The third-order valence-corrected chi connectivity index (χ3v) is 16.5. The second-order valence-corrected chi connectivity index (χ2v) is 24.2. The summed E-state index contributed by atoms with van der Waals surface area (Å²) in [4.78, 5) is 24.6. The Morgan fingerprint density at radius 2 is 0.610 bits per heavy atom. The van der Waals surface area contributed by atoms with Crippen LogP contribution in [0.5, 0.6) is 0 Å². The van der Waals surface area contributed by atoms with Gasteiger partial charge in [-0.25, -0.2) is 0 Å².